The van der Waals surface area contributed by atoms with Crippen molar-refractivity contribution in [2.24, 2.45) is 5.92 Å². The molecule has 1 aromatic carbocycles. The quantitative estimate of drug-likeness (QED) is 0.610. The Morgan fingerprint density at radius 3 is 2.38 bits per heavy atom. The standard InChI is InChI=1S/C20H24F3N3O3/c1-4-5-14-11-17(25-16(19(27)28)10-12(2)3)26-18(24-14)13-6-8-15(9-7-13)29-20(21,22)23/h6-9,11-12,16H,4-5,10H2,1-3H3,(H,27,28)(H,24,25,26). The number of nitrogens with one attached hydrogen (secondary N) is 1. The van der Waals surface area contributed by atoms with E-state index in [0.717, 1.165) is 6.42 Å². The molecule has 1 aromatic heterocycles. The predicted octanol–water partition coefficient (Wildman–Crippen LogP) is 4.91. The molecule has 6 nitrogen and oxygen atoms in total. The normalized spacial score (nSPS) is 12.7. The van der Waals surface area contributed by atoms with Crippen molar-refractivity contribution in [2.45, 2.75) is 52.4 Å². The number of aryl methyl sites for hydroxylation is 1. The van der Waals surface area contributed by atoms with Crippen molar-refractivity contribution in [2.75, 3.05) is 5.32 Å². The molecule has 29 heavy (non-hydrogen) atoms. The van der Waals surface area contributed by atoms with Crippen LogP contribution in [0.1, 0.15) is 39.3 Å². The molecule has 158 valence electrons. The summed E-state index contributed by atoms with van der Waals surface area (Å²) < 4.78 is 40.9. The highest BCUT2D eigenvalue weighted by Crippen LogP contribution is 2.26. The first-order valence-electron chi connectivity index (χ1n) is 9.31. The Balaban J connectivity index is 2.33. The summed E-state index contributed by atoms with van der Waals surface area (Å²) >= 11 is 0. The zero-order chi connectivity index (χ0) is 21.6. The van der Waals surface area contributed by atoms with E-state index in [2.05, 4.69) is 20.0 Å². The van der Waals surface area contributed by atoms with Crippen LogP contribution in [0.25, 0.3) is 11.4 Å². The van der Waals surface area contributed by atoms with Crippen molar-refractivity contribution in [3.05, 3.63) is 36.0 Å². The molecule has 0 amide bonds. The SMILES string of the molecule is CCCc1cc(NC(CC(C)C)C(=O)O)nc(-c2ccc(OC(F)(F)F)cc2)n1. The summed E-state index contributed by atoms with van der Waals surface area (Å²) in [6, 6.07) is 6.12. The van der Waals surface area contributed by atoms with Gasteiger partial charge in [0.2, 0.25) is 0 Å². The van der Waals surface area contributed by atoms with Crippen molar-refractivity contribution in [1.82, 2.24) is 9.97 Å². The first-order valence-corrected chi connectivity index (χ1v) is 9.31. The summed E-state index contributed by atoms with van der Waals surface area (Å²) in [5.41, 5.74) is 1.21. The van der Waals surface area contributed by atoms with Crippen LogP contribution in [-0.4, -0.2) is 33.4 Å². The molecule has 0 saturated carbocycles. The second kappa shape index (κ2) is 9.58. The van der Waals surface area contributed by atoms with E-state index in [1.54, 1.807) is 6.07 Å². The van der Waals surface area contributed by atoms with E-state index in [4.69, 9.17) is 0 Å². The Labute approximate surface area is 167 Å². The number of hydrogen-bond donors (Lipinski definition) is 2. The summed E-state index contributed by atoms with van der Waals surface area (Å²) in [5, 5.41) is 12.4. The van der Waals surface area contributed by atoms with Crippen molar-refractivity contribution >= 4 is 11.8 Å². The number of carboxylic acids is 1. The zero-order valence-electron chi connectivity index (χ0n) is 16.5. The summed E-state index contributed by atoms with van der Waals surface area (Å²) in [5.74, 6) is -0.495. The zero-order valence-corrected chi connectivity index (χ0v) is 16.5. The number of aliphatic carboxylic acids is 1. The lowest BCUT2D eigenvalue weighted by Crippen LogP contribution is -2.31. The molecule has 0 aliphatic heterocycles. The molecule has 1 unspecified atom stereocenters. The third-order valence-electron chi connectivity index (χ3n) is 3.96. The van der Waals surface area contributed by atoms with Gasteiger partial charge >= 0.3 is 12.3 Å². The number of hydrogen-bond acceptors (Lipinski definition) is 5. The molecule has 0 aliphatic rings. The molecule has 0 bridgehead atoms. The van der Waals surface area contributed by atoms with Gasteiger partial charge in [-0.2, -0.15) is 0 Å². The highest BCUT2D eigenvalue weighted by molar-refractivity contribution is 5.77. The lowest BCUT2D eigenvalue weighted by molar-refractivity contribution is -0.274. The first-order chi connectivity index (χ1) is 13.6. The first kappa shape index (κ1) is 22.4. The number of benzene rings is 1. The summed E-state index contributed by atoms with van der Waals surface area (Å²) in [6.45, 7) is 5.84. The lowest BCUT2D eigenvalue weighted by Gasteiger charge is -2.18. The van der Waals surface area contributed by atoms with Gasteiger partial charge in [-0.25, -0.2) is 14.8 Å². The van der Waals surface area contributed by atoms with E-state index < -0.39 is 18.4 Å². The van der Waals surface area contributed by atoms with E-state index in [-0.39, 0.29) is 11.7 Å². The topological polar surface area (TPSA) is 84.3 Å². The maximum absolute atomic E-state index is 12.3. The molecule has 0 fully saturated rings. The molecule has 0 aliphatic carbocycles. The molecule has 2 rings (SSSR count). The third-order valence-corrected chi connectivity index (χ3v) is 3.96. The Bertz CT molecular complexity index is 824. The van der Waals surface area contributed by atoms with Crippen LogP contribution < -0.4 is 10.1 Å². The van der Waals surface area contributed by atoms with Gasteiger partial charge in [-0.15, -0.1) is 13.2 Å². The maximum atomic E-state index is 12.3. The number of carboxylic acid groups (broad SMARTS) is 1. The fourth-order valence-corrected chi connectivity index (χ4v) is 2.76. The molecule has 0 radical (unpaired) electrons. The highest BCUT2D eigenvalue weighted by Gasteiger charge is 2.31. The minimum Gasteiger partial charge on any atom is -0.480 e. The molecular formula is C20H24F3N3O3. The van der Waals surface area contributed by atoms with Crippen molar-refractivity contribution in [1.29, 1.82) is 0 Å². The van der Waals surface area contributed by atoms with Crippen LogP contribution in [0.15, 0.2) is 30.3 Å². The van der Waals surface area contributed by atoms with Crippen molar-refractivity contribution < 1.29 is 27.8 Å². The fraction of sp³-hybridized carbons (Fsp3) is 0.450. The Kier molecular flexibility index (Phi) is 7.41. The maximum Gasteiger partial charge on any atom is 0.573 e. The van der Waals surface area contributed by atoms with Crippen LogP contribution in [0.4, 0.5) is 19.0 Å². The molecule has 1 heterocycles. The lowest BCUT2D eigenvalue weighted by atomic mass is 10.0. The van der Waals surface area contributed by atoms with Crippen LogP contribution in [0, 0.1) is 5.92 Å². The Morgan fingerprint density at radius 2 is 1.86 bits per heavy atom. The third kappa shape index (κ3) is 7.24. The van der Waals surface area contributed by atoms with Gasteiger partial charge in [0, 0.05) is 17.3 Å². The largest absolute Gasteiger partial charge is 0.573 e. The number of nitrogens with zero attached hydrogens (tertiary/aromatic N) is 2. The number of alkyl halides is 3. The van der Waals surface area contributed by atoms with E-state index >= 15 is 0 Å². The number of carbonyl (C=O) groups is 1. The molecule has 0 spiro atoms. The minimum absolute atomic E-state index is 0.168. The van der Waals surface area contributed by atoms with Gasteiger partial charge in [0.1, 0.15) is 17.6 Å². The van der Waals surface area contributed by atoms with Crippen molar-refractivity contribution in [3.8, 4) is 17.1 Å². The van der Waals surface area contributed by atoms with Gasteiger partial charge < -0.3 is 15.2 Å². The molecule has 2 N–H and O–H groups in total. The van der Waals surface area contributed by atoms with Crippen LogP contribution in [-0.2, 0) is 11.2 Å². The monoisotopic (exact) mass is 411 g/mol. The van der Waals surface area contributed by atoms with E-state index in [1.165, 1.54) is 24.3 Å². The van der Waals surface area contributed by atoms with Crippen LogP contribution >= 0.6 is 0 Å². The van der Waals surface area contributed by atoms with Gasteiger partial charge in [-0.3, -0.25) is 0 Å². The number of ether oxygens (including phenoxy) is 1. The Morgan fingerprint density at radius 1 is 1.21 bits per heavy atom. The second-order valence-electron chi connectivity index (χ2n) is 7.06. The number of aromatic nitrogens is 2. The molecule has 1 atom stereocenters. The highest BCUT2D eigenvalue weighted by atomic mass is 19.4. The average Bonchev–Trinajstić information content (AvgIpc) is 2.60. The number of anilines is 1. The van der Waals surface area contributed by atoms with Crippen LogP contribution in [0.3, 0.4) is 0 Å². The number of halogens is 3. The summed E-state index contributed by atoms with van der Waals surface area (Å²) in [4.78, 5) is 20.4. The minimum atomic E-state index is -4.77. The predicted molar refractivity (Wildman–Crippen MR) is 103 cm³/mol. The average molecular weight is 411 g/mol. The molecular weight excluding hydrogens is 387 g/mol. The Hall–Kier alpha value is -2.84. The molecule has 2 aromatic rings. The summed E-state index contributed by atoms with van der Waals surface area (Å²) in [6.07, 6.45) is -2.87. The van der Waals surface area contributed by atoms with Gasteiger partial charge in [-0.05, 0) is 43.0 Å². The summed E-state index contributed by atoms with van der Waals surface area (Å²) in [7, 11) is 0. The van der Waals surface area contributed by atoms with Crippen LogP contribution in [0.5, 0.6) is 5.75 Å². The van der Waals surface area contributed by atoms with E-state index in [9.17, 15) is 23.1 Å². The molecule has 9 heteroatoms. The van der Waals surface area contributed by atoms with Gasteiger partial charge in [0.15, 0.2) is 5.82 Å². The fourth-order valence-electron chi connectivity index (χ4n) is 2.76. The van der Waals surface area contributed by atoms with Crippen molar-refractivity contribution in [3.63, 3.8) is 0 Å². The number of rotatable bonds is 9. The van der Waals surface area contributed by atoms with E-state index in [1.807, 2.05) is 20.8 Å². The molecule has 0 saturated heterocycles. The van der Waals surface area contributed by atoms with Gasteiger partial charge in [-0.1, -0.05) is 27.2 Å². The smallest absolute Gasteiger partial charge is 0.480 e. The second-order valence-corrected chi connectivity index (χ2v) is 7.06. The van der Waals surface area contributed by atoms with Gasteiger partial charge in [0.25, 0.3) is 0 Å². The van der Waals surface area contributed by atoms with E-state index in [0.29, 0.717) is 35.7 Å². The van der Waals surface area contributed by atoms with Gasteiger partial charge in [0.05, 0.1) is 0 Å². The van der Waals surface area contributed by atoms with Crippen LogP contribution in [0.2, 0.25) is 0 Å².